The highest BCUT2D eigenvalue weighted by atomic mass is 19.2. The maximum Gasteiger partial charge on any atom is 0.207 e. The van der Waals surface area contributed by atoms with Crippen LogP contribution in [-0.4, -0.2) is 5.60 Å². The van der Waals surface area contributed by atoms with Gasteiger partial charge in [-0.15, -0.1) is 0 Å². The second kappa shape index (κ2) is 5.12. The molecule has 0 atom stereocenters. The maximum atomic E-state index is 13.3. The Bertz CT molecular complexity index is 427. The van der Waals surface area contributed by atoms with Crippen LogP contribution in [-0.2, 0) is 0 Å². The average Bonchev–Trinajstić information content (AvgIpc) is 2.30. The highest BCUT2D eigenvalue weighted by Crippen LogP contribution is 2.32. The number of hydrogen-bond donors (Lipinski definition) is 0. The van der Waals surface area contributed by atoms with Crippen molar-refractivity contribution in [1.29, 1.82) is 0 Å². The highest BCUT2D eigenvalue weighted by Gasteiger charge is 2.30. The van der Waals surface area contributed by atoms with Crippen molar-refractivity contribution in [2.24, 2.45) is 0 Å². The molecule has 0 aliphatic heterocycles. The summed E-state index contributed by atoms with van der Waals surface area (Å²) in [5.41, 5.74) is -1.02. The van der Waals surface area contributed by atoms with E-state index < -0.39 is 40.4 Å². The molecule has 0 spiro atoms. The first-order valence-corrected chi connectivity index (χ1v) is 5.41. The van der Waals surface area contributed by atoms with Gasteiger partial charge in [-0.25, -0.2) is 13.2 Å². The van der Waals surface area contributed by atoms with Gasteiger partial charge < -0.3 is 4.74 Å². The Morgan fingerprint density at radius 2 is 1.22 bits per heavy atom. The van der Waals surface area contributed by atoms with E-state index >= 15 is 0 Å². The molecule has 102 valence electrons. The van der Waals surface area contributed by atoms with Crippen LogP contribution in [0.15, 0.2) is 0 Å². The Morgan fingerprint density at radius 1 is 0.833 bits per heavy atom. The summed E-state index contributed by atoms with van der Waals surface area (Å²) in [6, 6.07) is 0. The fourth-order valence-corrected chi connectivity index (χ4v) is 1.60. The van der Waals surface area contributed by atoms with E-state index in [0.29, 0.717) is 12.8 Å². The van der Waals surface area contributed by atoms with Crippen molar-refractivity contribution >= 4 is 0 Å². The third-order valence-corrected chi connectivity index (χ3v) is 2.40. The topological polar surface area (TPSA) is 9.23 Å². The van der Waals surface area contributed by atoms with Crippen molar-refractivity contribution in [2.45, 2.75) is 39.2 Å². The lowest BCUT2D eigenvalue weighted by Gasteiger charge is -2.26. The molecule has 0 radical (unpaired) electrons. The number of halogens is 5. The van der Waals surface area contributed by atoms with Crippen LogP contribution in [0.25, 0.3) is 0 Å². The van der Waals surface area contributed by atoms with Gasteiger partial charge in [0.2, 0.25) is 29.1 Å². The quantitative estimate of drug-likeness (QED) is 0.448. The van der Waals surface area contributed by atoms with Crippen LogP contribution in [0.2, 0.25) is 0 Å². The van der Waals surface area contributed by atoms with Crippen LogP contribution in [0.4, 0.5) is 22.0 Å². The minimum absolute atomic E-state index is 0.409. The predicted molar refractivity (Wildman–Crippen MR) is 55.8 cm³/mol. The summed E-state index contributed by atoms with van der Waals surface area (Å²) in [4.78, 5) is 0. The Morgan fingerprint density at radius 3 is 1.61 bits per heavy atom. The fourth-order valence-electron chi connectivity index (χ4n) is 1.60. The van der Waals surface area contributed by atoms with Crippen molar-refractivity contribution in [2.75, 3.05) is 0 Å². The molecule has 0 unspecified atom stereocenters. The molecule has 0 aromatic heterocycles. The number of hydrogen-bond acceptors (Lipinski definition) is 1. The summed E-state index contributed by atoms with van der Waals surface area (Å²) in [7, 11) is 0. The minimum atomic E-state index is -2.19. The zero-order chi connectivity index (χ0) is 14.1. The molecule has 0 heterocycles. The van der Waals surface area contributed by atoms with Crippen LogP contribution in [0.3, 0.4) is 0 Å². The fraction of sp³-hybridized carbons (Fsp3) is 0.500. The van der Waals surface area contributed by atoms with E-state index in [1.54, 1.807) is 0 Å². The maximum absolute atomic E-state index is 13.3. The van der Waals surface area contributed by atoms with E-state index in [9.17, 15) is 22.0 Å². The van der Waals surface area contributed by atoms with Crippen molar-refractivity contribution in [3.05, 3.63) is 29.1 Å². The van der Waals surface area contributed by atoms with Gasteiger partial charge in [-0.05, 0) is 20.3 Å². The molecule has 0 aliphatic rings. The van der Waals surface area contributed by atoms with Crippen LogP contribution in [0.5, 0.6) is 5.75 Å². The van der Waals surface area contributed by atoms with Gasteiger partial charge in [-0.2, -0.15) is 8.78 Å². The second-order valence-electron chi connectivity index (χ2n) is 4.51. The normalized spacial score (nSPS) is 11.8. The first-order valence-electron chi connectivity index (χ1n) is 5.41. The van der Waals surface area contributed by atoms with E-state index in [2.05, 4.69) is 0 Å². The third-order valence-electron chi connectivity index (χ3n) is 2.40. The van der Waals surface area contributed by atoms with Gasteiger partial charge in [0.05, 0.1) is 0 Å². The van der Waals surface area contributed by atoms with Crippen LogP contribution >= 0.6 is 0 Å². The molecule has 18 heavy (non-hydrogen) atoms. The lowest BCUT2D eigenvalue weighted by Crippen LogP contribution is -2.29. The molecule has 0 saturated carbocycles. The van der Waals surface area contributed by atoms with Gasteiger partial charge in [0, 0.05) is 0 Å². The Hall–Kier alpha value is -1.33. The SMILES string of the molecule is CCCC(C)(C)Oc1c(F)c(F)c(F)c(F)c1F. The van der Waals surface area contributed by atoms with Gasteiger partial charge in [0.25, 0.3) is 0 Å². The Labute approximate surface area is 102 Å². The molecular weight excluding hydrogens is 255 g/mol. The number of benzene rings is 1. The van der Waals surface area contributed by atoms with E-state index in [4.69, 9.17) is 4.74 Å². The summed E-state index contributed by atoms with van der Waals surface area (Å²) in [5.74, 6) is -11.3. The monoisotopic (exact) mass is 268 g/mol. The third kappa shape index (κ3) is 2.73. The number of ether oxygens (including phenoxy) is 1. The molecule has 1 rings (SSSR count). The Balaban J connectivity index is 3.26. The van der Waals surface area contributed by atoms with Crippen LogP contribution < -0.4 is 4.74 Å². The van der Waals surface area contributed by atoms with Gasteiger partial charge >= 0.3 is 0 Å². The molecule has 0 saturated heterocycles. The molecule has 0 N–H and O–H groups in total. The van der Waals surface area contributed by atoms with Crippen LogP contribution in [0.1, 0.15) is 33.6 Å². The lowest BCUT2D eigenvalue weighted by atomic mass is 10.0. The first kappa shape index (κ1) is 14.7. The minimum Gasteiger partial charge on any atom is -0.482 e. The lowest BCUT2D eigenvalue weighted by molar-refractivity contribution is 0.0840. The van der Waals surface area contributed by atoms with E-state index in [1.807, 2.05) is 6.92 Å². The van der Waals surface area contributed by atoms with Gasteiger partial charge in [0.15, 0.2) is 5.75 Å². The summed E-state index contributed by atoms with van der Waals surface area (Å²) in [6.07, 6.45) is 1.05. The summed E-state index contributed by atoms with van der Waals surface area (Å²) < 4.78 is 70.2. The highest BCUT2D eigenvalue weighted by molar-refractivity contribution is 5.30. The molecule has 1 nitrogen and oxygen atoms in total. The molecule has 0 aliphatic carbocycles. The largest absolute Gasteiger partial charge is 0.482 e. The second-order valence-corrected chi connectivity index (χ2v) is 4.51. The predicted octanol–water partition coefficient (Wildman–Crippen LogP) is 4.34. The molecule has 1 aromatic rings. The van der Waals surface area contributed by atoms with Crippen molar-refractivity contribution < 1.29 is 26.7 Å². The van der Waals surface area contributed by atoms with E-state index in [1.165, 1.54) is 13.8 Å². The van der Waals surface area contributed by atoms with Gasteiger partial charge in [0.1, 0.15) is 5.60 Å². The van der Waals surface area contributed by atoms with Crippen molar-refractivity contribution in [1.82, 2.24) is 0 Å². The molecular formula is C12H13F5O. The van der Waals surface area contributed by atoms with Crippen LogP contribution in [0, 0.1) is 29.1 Å². The Kier molecular flexibility index (Phi) is 4.19. The molecule has 6 heteroatoms. The van der Waals surface area contributed by atoms with Gasteiger partial charge in [-0.1, -0.05) is 13.3 Å². The molecule has 1 aromatic carbocycles. The van der Waals surface area contributed by atoms with Crippen molar-refractivity contribution in [3.8, 4) is 5.75 Å². The molecule has 0 bridgehead atoms. The number of rotatable bonds is 4. The van der Waals surface area contributed by atoms with Gasteiger partial charge in [-0.3, -0.25) is 0 Å². The first-order chi connectivity index (χ1) is 8.21. The molecule has 0 amide bonds. The summed E-state index contributed by atoms with van der Waals surface area (Å²) >= 11 is 0. The zero-order valence-electron chi connectivity index (χ0n) is 10.2. The zero-order valence-corrected chi connectivity index (χ0v) is 10.2. The smallest absolute Gasteiger partial charge is 0.207 e. The summed E-state index contributed by atoms with van der Waals surface area (Å²) in [5, 5.41) is 0. The van der Waals surface area contributed by atoms with E-state index in [0.717, 1.165) is 0 Å². The standard InChI is InChI=1S/C12H13F5O/c1-4-5-12(2,3)18-11-9(16)7(14)6(13)8(15)10(11)17/h4-5H2,1-3H3. The summed E-state index contributed by atoms with van der Waals surface area (Å²) in [6.45, 7) is 4.83. The van der Waals surface area contributed by atoms with E-state index in [-0.39, 0.29) is 0 Å². The average molecular weight is 268 g/mol. The molecule has 0 fully saturated rings. The van der Waals surface area contributed by atoms with Crippen molar-refractivity contribution in [3.63, 3.8) is 0 Å².